The van der Waals surface area contributed by atoms with Crippen LogP contribution in [0, 0.1) is 0 Å². The first kappa shape index (κ1) is 27.7. The van der Waals surface area contributed by atoms with Crippen molar-refractivity contribution in [1.82, 2.24) is 0 Å². The summed E-state index contributed by atoms with van der Waals surface area (Å²) >= 11 is 0. The van der Waals surface area contributed by atoms with Gasteiger partial charge in [-0.05, 0) is 89.5 Å². The molecule has 0 aliphatic heterocycles. The van der Waals surface area contributed by atoms with Crippen molar-refractivity contribution >= 4 is 54.3 Å². The Balaban J connectivity index is 1.31. The predicted molar refractivity (Wildman–Crippen MR) is 208 cm³/mol. The molecule has 228 valence electrons. The summed E-state index contributed by atoms with van der Waals surface area (Å²) in [5.41, 5.74) is 11.5. The molecule has 0 radical (unpaired) electrons. The number of para-hydroxylation sites is 1. The third-order valence-electron chi connectivity index (χ3n) is 10.1. The van der Waals surface area contributed by atoms with Gasteiger partial charge in [-0.3, -0.25) is 0 Å². The maximum Gasteiger partial charge on any atom is 0.143 e. The number of rotatable bonds is 4. The Morgan fingerprint density at radius 3 is 1.33 bits per heavy atom. The van der Waals surface area contributed by atoms with Crippen LogP contribution < -0.4 is 0 Å². The standard InChI is InChI=1S/C48H30O/c1-3-15-31(16-4-1)34-27-28-42(36-20-8-7-19-35(34)36)47-40-24-11-9-22-38(40)46(39-23-10-12-25-41(39)47)33-29-43(32-17-5-2-6-18-32)48-44(30-33)37-21-13-14-26-45(37)49-48/h1-30H. The monoisotopic (exact) mass is 622 g/mol. The molecule has 0 N–H and O–H groups in total. The molecule has 0 saturated carbocycles. The molecule has 0 bridgehead atoms. The second kappa shape index (κ2) is 11.1. The van der Waals surface area contributed by atoms with Crippen LogP contribution >= 0.6 is 0 Å². The summed E-state index contributed by atoms with van der Waals surface area (Å²) in [6, 6.07) is 65.7. The van der Waals surface area contributed by atoms with Gasteiger partial charge in [0.2, 0.25) is 0 Å². The normalized spacial score (nSPS) is 11.7. The largest absolute Gasteiger partial charge is 0.455 e. The van der Waals surface area contributed by atoms with Gasteiger partial charge in [0, 0.05) is 16.3 Å². The van der Waals surface area contributed by atoms with Crippen molar-refractivity contribution in [3.63, 3.8) is 0 Å². The van der Waals surface area contributed by atoms with Crippen molar-refractivity contribution in [2.75, 3.05) is 0 Å². The topological polar surface area (TPSA) is 13.1 Å². The first-order valence-electron chi connectivity index (χ1n) is 16.9. The quantitative estimate of drug-likeness (QED) is 0.178. The van der Waals surface area contributed by atoms with Crippen LogP contribution in [0.3, 0.4) is 0 Å². The van der Waals surface area contributed by atoms with E-state index in [1.807, 2.05) is 6.07 Å². The Labute approximate surface area is 284 Å². The van der Waals surface area contributed by atoms with Gasteiger partial charge in [-0.25, -0.2) is 0 Å². The Hall–Kier alpha value is -6.44. The number of fused-ring (bicyclic) bond motifs is 6. The van der Waals surface area contributed by atoms with E-state index >= 15 is 0 Å². The van der Waals surface area contributed by atoms with Gasteiger partial charge in [-0.1, -0.05) is 164 Å². The summed E-state index contributed by atoms with van der Waals surface area (Å²) in [5, 5.41) is 9.73. The van der Waals surface area contributed by atoms with Crippen LogP contribution in [-0.4, -0.2) is 0 Å². The number of benzene rings is 9. The maximum absolute atomic E-state index is 6.56. The highest BCUT2D eigenvalue weighted by atomic mass is 16.3. The molecule has 0 saturated heterocycles. The van der Waals surface area contributed by atoms with Gasteiger partial charge in [0.15, 0.2) is 0 Å². The highest BCUT2D eigenvalue weighted by Gasteiger charge is 2.21. The number of hydrogen-bond acceptors (Lipinski definition) is 1. The Morgan fingerprint density at radius 1 is 0.265 bits per heavy atom. The van der Waals surface area contributed by atoms with Crippen LogP contribution in [0.4, 0.5) is 0 Å². The van der Waals surface area contributed by atoms with Crippen molar-refractivity contribution in [3.8, 4) is 44.5 Å². The molecule has 1 heteroatoms. The Kier molecular flexibility index (Phi) is 6.25. The minimum Gasteiger partial charge on any atom is -0.455 e. The van der Waals surface area contributed by atoms with Crippen molar-refractivity contribution in [1.29, 1.82) is 0 Å². The highest BCUT2D eigenvalue weighted by molar-refractivity contribution is 6.25. The Bertz CT molecular complexity index is 2800. The molecule has 0 aliphatic rings. The molecule has 49 heavy (non-hydrogen) atoms. The van der Waals surface area contributed by atoms with E-state index in [9.17, 15) is 0 Å². The van der Waals surface area contributed by atoms with Crippen molar-refractivity contribution in [2.45, 2.75) is 0 Å². The average molecular weight is 623 g/mol. The van der Waals surface area contributed by atoms with Crippen LogP contribution in [-0.2, 0) is 0 Å². The zero-order valence-corrected chi connectivity index (χ0v) is 26.7. The smallest absolute Gasteiger partial charge is 0.143 e. The molecule has 1 heterocycles. The van der Waals surface area contributed by atoms with Gasteiger partial charge in [0.1, 0.15) is 11.2 Å². The maximum atomic E-state index is 6.56. The highest BCUT2D eigenvalue weighted by Crippen LogP contribution is 2.48. The zero-order valence-electron chi connectivity index (χ0n) is 26.7. The molecule has 0 atom stereocenters. The van der Waals surface area contributed by atoms with E-state index in [0.717, 1.165) is 33.1 Å². The van der Waals surface area contributed by atoms with E-state index in [4.69, 9.17) is 4.42 Å². The van der Waals surface area contributed by atoms with E-state index in [-0.39, 0.29) is 0 Å². The van der Waals surface area contributed by atoms with Gasteiger partial charge < -0.3 is 4.42 Å². The molecular weight excluding hydrogens is 593 g/mol. The van der Waals surface area contributed by atoms with Gasteiger partial charge in [0.25, 0.3) is 0 Å². The molecule has 0 amide bonds. The van der Waals surface area contributed by atoms with Crippen LogP contribution in [0.25, 0.3) is 98.8 Å². The van der Waals surface area contributed by atoms with Crippen LogP contribution in [0.15, 0.2) is 186 Å². The third kappa shape index (κ3) is 4.33. The van der Waals surface area contributed by atoms with Crippen LogP contribution in [0.1, 0.15) is 0 Å². The molecule has 10 aromatic rings. The SMILES string of the molecule is c1ccc(-c2ccc(-c3c4ccccc4c(-c4cc(-c5ccccc5)c5oc6ccccc6c5c4)c4ccccc34)c3ccccc23)cc1. The second-order valence-corrected chi connectivity index (χ2v) is 12.8. The van der Waals surface area contributed by atoms with Crippen LogP contribution in [0.2, 0.25) is 0 Å². The lowest BCUT2D eigenvalue weighted by Gasteiger charge is -2.20. The zero-order chi connectivity index (χ0) is 32.3. The minimum absolute atomic E-state index is 0.905. The lowest BCUT2D eigenvalue weighted by atomic mass is 9.83. The molecular formula is C48H30O. The van der Waals surface area contributed by atoms with Gasteiger partial charge in [-0.2, -0.15) is 0 Å². The molecule has 9 aromatic carbocycles. The predicted octanol–water partition coefficient (Wildman–Crippen LogP) is 13.7. The summed E-state index contributed by atoms with van der Waals surface area (Å²) in [4.78, 5) is 0. The lowest BCUT2D eigenvalue weighted by molar-refractivity contribution is 0.670. The summed E-state index contributed by atoms with van der Waals surface area (Å²) in [6.45, 7) is 0. The number of furan rings is 1. The summed E-state index contributed by atoms with van der Waals surface area (Å²) in [6.07, 6.45) is 0. The average Bonchev–Trinajstić information content (AvgIpc) is 3.55. The molecule has 0 unspecified atom stereocenters. The molecule has 0 fully saturated rings. The molecule has 1 nitrogen and oxygen atoms in total. The van der Waals surface area contributed by atoms with Gasteiger partial charge in [0.05, 0.1) is 0 Å². The Morgan fingerprint density at radius 2 is 0.714 bits per heavy atom. The first-order valence-corrected chi connectivity index (χ1v) is 16.9. The summed E-state index contributed by atoms with van der Waals surface area (Å²) in [5.74, 6) is 0. The van der Waals surface area contributed by atoms with Crippen molar-refractivity contribution in [2.24, 2.45) is 0 Å². The van der Waals surface area contributed by atoms with E-state index in [1.165, 1.54) is 65.7 Å². The van der Waals surface area contributed by atoms with Gasteiger partial charge >= 0.3 is 0 Å². The van der Waals surface area contributed by atoms with E-state index in [0.29, 0.717) is 0 Å². The second-order valence-electron chi connectivity index (χ2n) is 12.8. The van der Waals surface area contributed by atoms with E-state index < -0.39 is 0 Å². The molecule has 0 aliphatic carbocycles. The molecule has 0 spiro atoms. The van der Waals surface area contributed by atoms with Crippen LogP contribution in [0.5, 0.6) is 0 Å². The van der Waals surface area contributed by atoms with E-state index in [1.54, 1.807) is 0 Å². The fraction of sp³-hybridized carbons (Fsp3) is 0. The summed E-state index contributed by atoms with van der Waals surface area (Å²) < 4.78 is 6.56. The molecule has 10 rings (SSSR count). The fourth-order valence-corrected chi connectivity index (χ4v) is 7.92. The van der Waals surface area contributed by atoms with E-state index in [2.05, 4.69) is 176 Å². The number of hydrogen-bond donors (Lipinski definition) is 0. The fourth-order valence-electron chi connectivity index (χ4n) is 7.92. The first-order chi connectivity index (χ1) is 24.3. The lowest BCUT2D eigenvalue weighted by Crippen LogP contribution is -1.93. The van der Waals surface area contributed by atoms with Gasteiger partial charge in [-0.15, -0.1) is 0 Å². The summed E-state index contributed by atoms with van der Waals surface area (Å²) in [7, 11) is 0. The minimum atomic E-state index is 0.905. The van der Waals surface area contributed by atoms with Crippen molar-refractivity contribution in [3.05, 3.63) is 182 Å². The van der Waals surface area contributed by atoms with Crippen molar-refractivity contribution < 1.29 is 4.42 Å². The third-order valence-corrected chi connectivity index (χ3v) is 10.1. The molecule has 1 aromatic heterocycles.